The second-order valence-electron chi connectivity index (χ2n) is 8.41. The molecule has 0 unspecified atom stereocenters. The van der Waals surface area contributed by atoms with Gasteiger partial charge in [-0.3, -0.25) is 19.5 Å². The van der Waals surface area contributed by atoms with Crippen molar-refractivity contribution < 1.29 is 9.21 Å². The number of nitrogens with zero attached hydrogens (tertiary/aromatic N) is 4. The summed E-state index contributed by atoms with van der Waals surface area (Å²) in [5.41, 5.74) is 3.86. The Morgan fingerprint density at radius 2 is 1.97 bits per heavy atom. The highest BCUT2D eigenvalue weighted by atomic mass is 32.2. The number of thioether (sulfide) groups is 1. The van der Waals surface area contributed by atoms with Crippen LogP contribution in [0, 0.1) is 20.8 Å². The number of anilines is 1. The van der Waals surface area contributed by atoms with E-state index in [9.17, 15) is 9.59 Å². The van der Waals surface area contributed by atoms with Crippen LogP contribution in [0.5, 0.6) is 0 Å². The van der Waals surface area contributed by atoms with Crippen LogP contribution in [0.2, 0.25) is 0 Å². The number of carbonyl (C=O) groups excluding carboxylic acids is 1. The van der Waals surface area contributed by atoms with Crippen molar-refractivity contribution in [2.24, 2.45) is 0 Å². The van der Waals surface area contributed by atoms with E-state index in [1.54, 1.807) is 4.57 Å². The molecular formula is C24H27N5O3S2. The van der Waals surface area contributed by atoms with Crippen LogP contribution in [-0.4, -0.2) is 31.4 Å². The van der Waals surface area contributed by atoms with E-state index in [2.05, 4.69) is 15.5 Å². The molecule has 4 rings (SSSR count). The highest BCUT2D eigenvalue weighted by molar-refractivity contribution is 7.99. The average molecular weight is 498 g/mol. The summed E-state index contributed by atoms with van der Waals surface area (Å²) in [5.74, 6) is 0.241. The second-order valence-corrected chi connectivity index (χ2v) is 10.6. The Hall–Kier alpha value is -2.98. The summed E-state index contributed by atoms with van der Waals surface area (Å²) in [4.78, 5) is 32.9. The third-order valence-electron chi connectivity index (χ3n) is 5.61. The predicted molar refractivity (Wildman–Crippen MR) is 137 cm³/mol. The maximum absolute atomic E-state index is 13.7. The Labute approximate surface area is 205 Å². The summed E-state index contributed by atoms with van der Waals surface area (Å²) in [5, 5.41) is 11.5. The molecule has 0 spiro atoms. The minimum atomic E-state index is -0.318. The molecule has 0 aliphatic heterocycles. The van der Waals surface area contributed by atoms with Gasteiger partial charge in [0.1, 0.15) is 4.83 Å². The summed E-state index contributed by atoms with van der Waals surface area (Å²) in [6, 6.07) is 5.94. The van der Waals surface area contributed by atoms with E-state index in [0.29, 0.717) is 21.3 Å². The van der Waals surface area contributed by atoms with Crippen molar-refractivity contribution in [3.63, 3.8) is 0 Å². The van der Waals surface area contributed by atoms with Gasteiger partial charge in [0.15, 0.2) is 5.16 Å². The number of rotatable bonds is 7. The highest BCUT2D eigenvalue weighted by Crippen LogP contribution is 2.31. The summed E-state index contributed by atoms with van der Waals surface area (Å²) in [6.07, 6.45) is 0.757. The van der Waals surface area contributed by atoms with Crippen LogP contribution in [0.1, 0.15) is 54.1 Å². The van der Waals surface area contributed by atoms with Gasteiger partial charge in [0.25, 0.3) is 5.56 Å². The fourth-order valence-electron chi connectivity index (χ4n) is 3.62. The van der Waals surface area contributed by atoms with Gasteiger partial charge in [0.2, 0.25) is 11.8 Å². The third-order valence-corrected chi connectivity index (χ3v) is 7.59. The molecule has 10 heteroatoms. The number of carbonyl (C=O) groups is 1. The minimum Gasteiger partial charge on any atom is -0.408 e. The molecule has 0 saturated heterocycles. The van der Waals surface area contributed by atoms with E-state index in [1.165, 1.54) is 23.1 Å². The van der Waals surface area contributed by atoms with E-state index in [-0.39, 0.29) is 29.2 Å². The first-order valence-corrected chi connectivity index (χ1v) is 12.9. The summed E-state index contributed by atoms with van der Waals surface area (Å²) >= 11 is 2.71. The third kappa shape index (κ3) is 4.65. The predicted octanol–water partition coefficient (Wildman–Crippen LogP) is 5.17. The fraction of sp³-hybridized carbons (Fsp3) is 0.375. The molecule has 0 fully saturated rings. The molecule has 0 atom stereocenters. The van der Waals surface area contributed by atoms with Crippen LogP contribution < -0.4 is 10.9 Å². The molecule has 1 amide bonds. The van der Waals surface area contributed by atoms with Crippen molar-refractivity contribution in [3.8, 4) is 5.69 Å². The topological polar surface area (TPSA) is 103 Å². The Morgan fingerprint density at radius 3 is 2.62 bits per heavy atom. The lowest BCUT2D eigenvalue weighted by Crippen LogP contribution is -2.23. The van der Waals surface area contributed by atoms with Crippen LogP contribution in [0.3, 0.4) is 0 Å². The molecule has 0 aliphatic carbocycles. The largest absolute Gasteiger partial charge is 0.408 e. The molecule has 0 saturated carbocycles. The van der Waals surface area contributed by atoms with Gasteiger partial charge in [-0.15, -0.1) is 16.4 Å². The number of benzene rings is 1. The number of fused-ring (bicyclic) bond motifs is 1. The van der Waals surface area contributed by atoms with Crippen molar-refractivity contribution >= 4 is 45.2 Å². The van der Waals surface area contributed by atoms with Gasteiger partial charge in [-0.05, 0) is 56.0 Å². The zero-order valence-corrected chi connectivity index (χ0v) is 21.7. The van der Waals surface area contributed by atoms with Crippen molar-refractivity contribution in [2.45, 2.75) is 59.0 Å². The number of thiophene rings is 1. The molecule has 4 aromatic rings. The molecule has 1 N–H and O–H groups in total. The Morgan fingerprint density at radius 1 is 1.21 bits per heavy atom. The first-order chi connectivity index (χ1) is 16.2. The average Bonchev–Trinajstić information content (AvgIpc) is 3.38. The molecule has 178 valence electrons. The lowest BCUT2D eigenvalue weighted by molar-refractivity contribution is -0.113. The first kappa shape index (κ1) is 24.2. The van der Waals surface area contributed by atoms with Crippen molar-refractivity contribution in [1.29, 1.82) is 0 Å². The van der Waals surface area contributed by atoms with Crippen molar-refractivity contribution in [1.82, 2.24) is 19.7 Å². The van der Waals surface area contributed by atoms with E-state index >= 15 is 0 Å². The number of aryl methyl sites for hydroxylation is 4. The summed E-state index contributed by atoms with van der Waals surface area (Å²) in [6.45, 7) is 12.0. The number of aromatic nitrogens is 4. The minimum absolute atomic E-state index is 0.0349. The number of hydrogen-bond acceptors (Lipinski definition) is 8. The van der Waals surface area contributed by atoms with E-state index in [4.69, 9.17) is 9.40 Å². The van der Waals surface area contributed by atoms with Crippen LogP contribution >= 0.6 is 23.1 Å². The highest BCUT2D eigenvalue weighted by Gasteiger charge is 2.20. The van der Waals surface area contributed by atoms with Gasteiger partial charge in [0.05, 0.1) is 16.8 Å². The smallest absolute Gasteiger partial charge is 0.322 e. The van der Waals surface area contributed by atoms with Gasteiger partial charge in [-0.25, -0.2) is 4.98 Å². The van der Waals surface area contributed by atoms with Crippen molar-refractivity contribution in [2.75, 3.05) is 11.1 Å². The monoisotopic (exact) mass is 497 g/mol. The maximum Gasteiger partial charge on any atom is 0.322 e. The van der Waals surface area contributed by atoms with Crippen molar-refractivity contribution in [3.05, 3.63) is 56.0 Å². The van der Waals surface area contributed by atoms with Gasteiger partial charge < -0.3 is 4.42 Å². The molecule has 0 aliphatic rings. The maximum atomic E-state index is 13.7. The van der Waals surface area contributed by atoms with Crippen LogP contribution in [0.4, 0.5) is 6.01 Å². The molecule has 8 nitrogen and oxygen atoms in total. The number of nitrogens with one attached hydrogen (secondary N) is 1. The molecule has 1 aromatic carbocycles. The molecule has 0 bridgehead atoms. The zero-order valence-electron chi connectivity index (χ0n) is 20.1. The van der Waals surface area contributed by atoms with E-state index in [1.807, 2.05) is 59.7 Å². The Balaban J connectivity index is 1.71. The van der Waals surface area contributed by atoms with Crippen LogP contribution in [-0.2, 0) is 11.2 Å². The lowest BCUT2D eigenvalue weighted by atomic mass is 10.1. The lowest BCUT2D eigenvalue weighted by Gasteiger charge is -2.13. The molecule has 34 heavy (non-hydrogen) atoms. The number of hydrogen-bond donors (Lipinski definition) is 1. The second kappa shape index (κ2) is 9.71. The first-order valence-electron chi connectivity index (χ1n) is 11.1. The Bertz CT molecular complexity index is 1430. The molecule has 3 heterocycles. The van der Waals surface area contributed by atoms with Gasteiger partial charge in [-0.1, -0.05) is 43.7 Å². The van der Waals surface area contributed by atoms with Gasteiger partial charge >= 0.3 is 6.01 Å². The Kier molecular flexibility index (Phi) is 6.90. The molecular weight excluding hydrogens is 470 g/mol. The fourth-order valence-corrected chi connectivity index (χ4v) is 5.58. The quantitative estimate of drug-likeness (QED) is 0.277. The van der Waals surface area contributed by atoms with Crippen LogP contribution in [0.25, 0.3) is 15.9 Å². The van der Waals surface area contributed by atoms with Gasteiger partial charge in [0, 0.05) is 10.8 Å². The molecule has 0 radical (unpaired) electrons. The normalized spacial score (nSPS) is 11.5. The van der Waals surface area contributed by atoms with E-state index < -0.39 is 0 Å². The standard InChI is InChI=1S/C24H27N5O3S2/c1-7-17-15(6)34-21-19(17)22(31)29(16-9-8-13(4)14(5)10-16)24(26-21)33-11-18(30)25-23-28-27-20(32-23)12(2)3/h8-10,12H,7,11H2,1-6H3,(H,25,28,30). The summed E-state index contributed by atoms with van der Waals surface area (Å²) < 4.78 is 7.07. The number of amides is 1. The summed E-state index contributed by atoms with van der Waals surface area (Å²) in [7, 11) is 0. The van der Waals surface area contributed by atoms with Gasteiger partial charge in [-0.2, -0.15) is 0 Å². The zero-order chi connectivity index (χ0) is 24.6. The van der Waals surface area contributed by atoms with E-state index in [0.717, 1.165) is 33.7 Å². The SMILES string of the molecule is CCc1c(C)sc2nc(SCC(=O)Nc3nnc(C(C)C)o3)n(-c3ccc(C)c(C)c3)c(=O)c12. The van der Waals surface area contributed by atoms with Crippen LogP contribution in [0.15, 0.2) is 32.6 Å². The molecule has 3 aromatic heterocycles.